The fourth-order valence-electron chi connectivity index (χ4n) is 2.04. The van der Waals surface area contributed by atoms with Gasteiger partial charge < -0.3 is 10.1 Å². The maximum absolute atomic E-state index is 5.51. The van der Waals surface area contributed by atoms with Crippen LogP contribution in [0.5, 0.6) is 5.75 Å². The number of ether oxygens (including phenoxy) is 1. The quantitative estimate of drug-likeness (QED) is 0.780. The van der Waals surface area contributed by atoms with Crippen molar-refractivity contribution in [3.63, 3.8) is 0 Å². The lowest BCUT2D eigenvalue weighted by Gasteiger charge is -2.21. The Balaban J connectivity index is 2.55. The van der Waals surface area contributed by atoms with Crippen LogP contribution in [-0.4, -0.2) is 24.7 Å². The Kier molecular flexibility index (Phi) is 6.85. The lowest BCUT2D eigenvalue weighted by Crippen LogP contribution is -2.27. The highest BCUT2D eigenvalue weighted by Gasteiger charge is 2.15. The van der Waals surface area contributed by atoms with Gasteiger partial charge in [0.15, 0.2) is 0 Å². The maximum atomic E-state index is 5.51. The van der Waals surface area contributed by atoms with Crippen LogP contribution in [0.4, 0.5) is 0 Å². The molecule has 1 aromatic heterocycles. The number of pyridine rings is 1. The number of hydrogen-bond acceptors (Lipinski definition) is 3. The third kappa shape index (κ3) is 5.60. The molecule has 2 unspecified atom stereocenters. The monoisotopic (exact) mass is 264 g/mol. The minimum Gasteiger partial charge on any atom is -0.492 e. The second-order valence-corrected chi connectivity index (χ2v) is 5.71. The minimum atomic E-state index is 0.479. The Morgan fingerprint density at radius 2 is 1.89 bits per heavy atom. The van der Waals surface area contributed by atoms with Crippen LogP contribution in [0.25, 0.3) is 0 Å². The van der Waals surface area contributed by atoms with Crippen molar-refractivity contribution in [2.75, 3.05) is 19.7 Å². The summed E-state index contributed by atoms with van der Waals surface area (Å²) in [7, 11) is 0. The molecule has 0 aliphatic rings. The summed E-state index contributed by atoms with van der Waals surface area (Å²) in [6.45, 7) is 13.8. The molecule has 0 fully saturated rings. The van der Waals surface area contributed by atoms with Gasteiger partial charge >= 0.3 is 0 Å². The van der Waals surface area contributed by atoms with Crippen LogP contribution in [0.1, 0.15) is 46.1 Å². The van der Waals surface area contributed by atoms with E-state index < -0.39 is 0 Å². The van der Waals surface area contributed by atoms with Crippen LogP contribution in [-0.2, 0) is 0 Å². The van der Waals surface area contributed by atoms with E-state index in [1.54, 1.807) is 6.20 Å². The van der Waals surface area contributed by atoms with E-state index in [0.29, 0.717) is 24.4 Å². The summed E-state index contributed by atoms with van der Waals surface area (Å²) < 4.78 is 5.51. The normalized spacial score (nSPS) is 14.4. The Hall–Kier alpha value is -1.09. The first kappa shape index (κ1) is 16.0. The van der Waals surface area contributed by atoms with Crippen molar-refractivity contribution >= 4 is 0 Å². The van der Waals surface area contributed by atoms with E-state index in [1.165, 1.54) is 5.56 Å². The van der Waals surface area contributed by atoms with E-state index in [2.05, 4.69) is 44.1 Å². The molecule has 0 radical (unpaired) electrons. The van der Waals surface area contributed by atoms with Gasteiger partial charge in [-0.15, -0.1) is 0 Å². The molecule has 0 bridgehead atoms. The first-order chi connectivity index (χ1) is 9.04. The standard InChI is InChI=1S/C16H28N2O/c1-6-19-16-7-15(10-18-11-16)14(5)13(4)9-17-8-12(2)3/h7,10-14,17H,6,8-9H2,1-5H3. The van der Waals surface area contributed by atoms with E-state index in [4.69, 9.17) is 4.74 Å². The van der Waals surface area contributed by atoms with Gasteiger partial charge in [0.1, 0.15) is 5.75 Å². The highest BCUT2D eigenvalue weighted by Crippen LogP contribution is 2.25. The molecule has 19 heavy (non-hydrogen) atoms. The Labute approximate surface area is 117 Å². The van der Waals surface area contributed by atoms with Crippen LogP contribution in [0.2, 0.25) is 0 Å². The van der Waals surface area contributed by atoms with E-state index in [1.807, 2.05) is 13.1 Å². The van der Waals surface area contributed by atoms with E-state index in [0.717, 1.165) is 18.8 Å². The summed E-state index contributed by atoms with van der Waals surface area (Å²) >= 11 is 0. The largest absolute Gasteiger partial charge is 0.492 e. The van der Waals surface area contributed by atoms with Gasteiger partial charge in [0.25, 0.3) is 0 Å². The number of aromatic nitrogens is 1. The van der Waals surface area contributed by atoms with Crippen molar-refractivity contribution in [2.45, 2.75) is 40.5 Å². The average molecular weight is 264 g/mol. The fraction of sp³-hybridized carbons (Fsp3) is 0.688. The van der Waals surface area contributed by atoms with Crippen LogP contribution < -0.4 is 10.1 Å². The zero-order valence-corrected chi connectivity index (χ0v) is 12.9. The molecule has 0 spiro atoms. The van der Waals surface area contributed by atoms with Gasteiger partial charge in [-0.3, -0.25) is 4.98 Å². The smallest absolute Gasteiger partial charge is 0.137 e. The van der Waals surface area contributed by atoms with Gasteiger partial charge in [-0.1, -0.05) is 27.7 Å². The molecule has 0 amide bonds. The number of rotatable bonds is 8. The number of hydrogen-bond donors (Lipinski definition) is 1. The Morgan fingerprint density at radius 3 is 2.53 bits per heavy atom. The second-order valence-electron chi connectivity index (χ2n) is 5.71. The number of nitrogens with zero attached hydrogens (tertiary/aromatic N) is 1. The minimum absolute atomic E-state index is 0.479. The van der Waals surface area contributed by atoms with Crippen molar-refractivity contribution in [3.05, 3.63) is 24.0 Å². The van der Waals surface area contributed by atoms with Crippen LogP contribution in [0.3, 0.4) is 0 Å². The molecule has 0 saturated heterocycles. The zero-order chi connectivity index (χ0) is 14.3. The van der Waals surface area contributed by atoms with E-state index in [9.17, 15) is 0 Å². The van der Waals surface area contributed by atoms with Crippen molar-refractivity contribution < 1.29 is 4.74 Å². The first-order valence-corrected chi connectivity index (χ1v) is 7.33. The van der Waals surface area contributed by atoms with E-state index in [-0.39, 0.29) is 0 Å². The molecule has 0 saturated carbocycles. The summed E-state index contributed by atoms with van der Waals surface area (Å²) in [5, 5.41) is 3.52. The third-order valence-corrected chi connectivity index (χ3v) is 3.44. The van der Waals surface area contributed by atoms with Crippen molar-refractivity contribution in [1.82, 2.24) is 10.3 Å². The zero-order valence-electron chi connectivity index (χ0n) is 12.9. The summed E-state index contributed by atoms with van der Waals surface area (Å²) in [6.07, 6.45) is 3.73. The predicted molar refractivity (Wildman–Crippen MR) is 80.7 cm³/mol. The number of nitrogens with one attached hydrogen (secondary N) is 1. The van der Waals surface area contributed by atoms with Crippen molar-refractivity contribution in [2.24, 2.45) is 11.8 Å². The maximum Gasteiger partial charge on any atom is 0.137 e. The molecule has 2 atom stereocenters. The fourth-order valence-corrected chi connectivity index (χ4v) is 2.04. The second kappa shape index (κ2) is 8.16. The summed E-state index contributed by atoms with van der Waals surface area (Å²) in [5.74, 6) is 2.63. The lowest BCUT2D eigenvalue weighted by molar-refractivity contribution is 0.337. The molecule has 0 aliphatic heterocycles. The molecule has 1 rings (SSSR count). The van der Waals surface area contributed by atoms with Crippen LogP contribution >= 0.6 is 0 Å². The SMILES string of the molecule is CCOc1cncc(C(C)C(C)CNCC(C)C)c1. The topological polar surface area (TPSA) is 34.1 Å². The molecule has 0 aliphatic carbocycles. The summed E-state index contributed by atoms with van der Waals surface area (Å²) in [6, 6.07) is 2.11. The van der Waals surface area contributed by atoms with E-state index >= 15 is 0 Å². The summed E-state index contributed by atoms with van der Waals surface area (Å²) in [5.41, 5.74) is 1.25. The molecule has 1 N–H and O–H groups in total. The molecule has 1 aromatic rings. The molecular formula is C16H28N2O. The van der Waals surface area contributed by atoms with Crippen LogP contribution in [0, 0.1) is 11.8 Å². The lowest BCUT2D eigenvalue weighted by atomic mass is 9.89. The highest BCUT2D eigenvalue weighted by molar-refractivity contribution is 5.26. The molecule has 3 heteroatoms. The van der Waals surface area contributed by atoms with Crippen molar-refractivity contribution in [1.29, 1.82) is 0 Å². The van der Waals surface area contributed by atoms with Crippen molar-refractivity contribution in [3.8, 4) is 5.75 Å². The molecule has 0 aromatic carbocycles. The summed E-state index contributed by atoms with van der Waals surface area (Å²) in [4.78, 5) is 4.27. The first-order valence-electron chi connectivity index (χ1n) is 7.33. The Morgan fingerprint density at radius 1 is 1.16 bits per heavy atom. The van der Waals surface area contributed by atoms with Gasteiger partial charge in [-0.2, -0.15) is 0 Å². The van der Waals surface area contributed by atoms with Gasteiger partial charge in [0.05, 0.1) is 12.8 Å². The molecule has 3 nitrogen and oxygen atoms in total. The third-order valence-electron chi connectivity index (χ3n) is 3.44. The van der Waals surface area contributed by atoms with Gasteiger partial charge in [0, 0.05) is 6.20 Å². The Bertz CT molecular complexity index is 366. The highest BCUT2D eigenvalue weighted by atomic mass is 16.5. The van der Waals surface area contributed by atoms with Gasteiger partial charge in [-0.25, -0.2) is 0 Å². The molecule has 108 valence electrons. The molecule has 1 heterocycles. The van der Waals surface area contributed by atoms with Gasteiger partial charge in [0.2, 0.25) is 0 Å². The van der Waals surface area contributed by atoms with Crippen LogP contribution in [0.15, 0.2) is 18.5 Å². The average Bonchev–Trinajstić information content (AvgIpc) is 2.38. The predicted octanol–water partition coefficient (Wildman–Crippen LogP) is 3.47. The molecular weight excluding hydrogens is 236 g/mol. The van der Waals surface area contributed by atoms with Gasteiger partial charge in [-0.05, 0) is 49.4 Å².